The van der Waals surface area contributed by atoms with Gasteiger partial charge in [0, 0.05) is 29.4 Å². The molecule has 4 rings (SSSR count). The minimum Gasteiger partial charge on any atom is -0.400 e. The summed E-state index contributed by atoms with van der Waals surface area (Å²) in [5.74, 6) is -1.61. The number of nitrogens with one attached hydrogen (secondary N) is 2. The van der Waals surface area contributed by atoms with Gasteiger partial charge in [0.05, 0.1) is 34.8 Å². The molecule has 4 atom stereocenters. The highest BCUT2D eigenvalue weighted by molar-refractivity contribution is 5.99. The third kappa shape index (κ3) is 6.24. The van der Waals surface area contributed by atoms with Crippen LogP contribution >= 0.6 is 0 Å². The van der Waals surface area contributed by atoms with E-state index >= 15 is 0 Å². The van der Waals surface area contributed by atoms with E-state index in [0.29, 0.717) is 17.1 Å². The van der Waals surface area contributed by atoms with Crippen molar-refractivity contribution in [3.8, 4) is 0 Å². The second kappa shape index (κ2) is 12.3. The van der Waals surface area contributed by atoms with E-state index < -0.39 is 22.9 Å². The molecule has 0 aliphatic heterocycles. The number of aryl methyl sites for hydroxylation is 1. The zero-order valence-electron chi connectivity index (χ0n) is 25.6. The van der Waals surface area contributed by atoms with Crippen LogP contribution in [-0.4, -0.2) is 39.6 Å². The number of nitrogens with zero attached hydrogens (tertiary/aromatic N) is 2. The first-order valence-electron chi connectivity index (χ1n) is 14.3. The van der Waals surface area contributed by atoms with Gasteiger partial charge in [0.2, 0.25) is 11.8 Å². The summed E-state index contributed by atoms with van der Waals surface area (Å²) in [4.78, 5) is 27.1. The molecule has 0 radical (unpaired) electrons. The van der Waals surface area contributed by atoms with Crippen LogP contribution in [0, 0.1) is 18.3 Å². The number of primary amides is 1. The highest BCUT2D eigenvalue weighted by atomic mass is 19.1. The number of anilines is 1. The number of carbonyl (C=O) groups is 2. The smallest absolute Gasteiger partial charge is 0.233 e. The maximum Gasteiger partial charge on any atom is 0.233 e. The van der Waals surface area contributed by atoms with Gasteiger partial charge in [-0.05, 0) is 64.3 Å². The Morgan fingerprint density at radius 1 is 1.12 bits per heavy atom. The number of alkyl halides is 1. The molecule has 8 nitrogen and oxygen atoms in total. The lowest BCUT2D eigenvalue weighted by Gasteiger charge is -2.34. The van der Waals surface area contributed by atoms with Crippen LogP contribution in [-0.2, 0) is 9.59 Å². The molecular weight excluding hydrogens is 519 g/mol. The van der Waals surface area contributed by atoms with Crippen LogP contribution in [0.2, 0.25) is 0 Å². The molecule has 1 aliphatic rings. The SMILES string of the molecule is CCCC.Cc1ccc2[nH]ncc2c1/C(=C(\N)C(C)C(N)=O)N(C)C(C)c1ccccc1NC(=O)C1(C)CC1(C)F. The molecule has 1 fully saturated rings. The van der Waals surface area contributed by atoms with Crippen molar-refractivity contribution >= 4 is 34.1 Å². The van der Waals surface area contributed by atoms with Gasteiger partial charge in [-0.2, -0.15) is 5.10 Å². The van der Waals surface area contributed by atoms with Gasteiger partial charge in [0.15, 0.2) is 0 Å². The molecule has 6 N–H and O–H groups in total. The molecule has 3 aromatic rings. The summed E-state index contributed by atoms with van der Waals surface area (Å²) in [6.07, 6.45) is 4.56. The van der Waals surface area contributed by atoms with Crippen molar-refractivity contribution < 1.29 is 14.0 Å². The highest BCUT2D eigenvalue weighted by Crippen LogP contribution is 2.59. The quantitative estimate of drug-likeness (QED) is 0.246. The Bertz CT molecular complexity index is 1440. The number of para-hydroxylation sites is 1. The lowest BCUT2D eigenvalue weighted by atomic mass is 9.93. The van der Waals surface area contributed by atoms with Crippen LogP contribution in [0.1, 0.15) is 83.5 Å². The fourth-order valence-corrected chi connectivity index (χ4v) is 4.90. The zero-order chi connectivity index (χ0) is 30.7. The standard InChI is InChI=1S/C28H35FN6O2.C4H10/c1-15-11-12-21-19(13-32-34-21)22(15)24(23(30)16(2)25(31)36)35(6)17(3)18-9-7-8-10-20(18)33-26(37)27(4)14-28(27,5)29;1-3-4-2/h7-13,16-17H,14,30H2,1-6H3,(H2,31,36)(H,32,34)(H,33,37);3-4H2,1-2H3/b24-23+;. The average Bonchev–Trinajstić information content (AvgIpc) is 3.24. The second-order valence-electron chi connectivity index (χ2n) is 11.6. The summed E-state index contributed by atoms with van der Waals surface area (Å²) in [5.41, 5.74) is 14.7. The lowest BCUT2D eigenvalue weighted by Crippen LogP contribution is -2.32. The summed E-state index contributed by atoms with van der Waals surface area (Å²) in [6, 6.07) is 11.0. The largest absolute Gasteiger partial charge is 0.400 e. The molecule has 2 amide bonds. The van der Waals surface area contributed by atoms with Gasteiger partial charge in [0.1, 0.15) is 5.67 Å². The van der Waals surface area contributed by atoms with Crippen LogP contribution in [0.3, 0.4) is 0 Å². The Morgan fingerprint density at radius 2 is 1.73 bits per heavy atom. The maximum absolute atomic E-state index is 14.5. The average molecular weight is 565 g/mol. The summed E-state index contributed by atoms with van der Waals surface area (Å²) < 4.78 is 14.5. The van der Waals surface area contributed by atoms with Crippen molar-refractivity contribution in [1.82, 2.24) is 15.1 Å². The number of halogens is 1. The van der Waals surface area contributed by atoms with E-state index in [1.807, 2.05) is 56.1 Å². The maximum atomic E-state index is 14.5. The van der Waals surface area contributed by atoms with Gasteiger partial charge in [-0.15, -0.1) is 0 Å². The number of fused-ring (bicyclic) bond motifs is 1. The predicted molar refractivity (Wildman–Crippen MR) is 164 cm³/mol. The fraction of sp³-hybridized carbons (Fsp3) is 0.469. The number of unbranched alkanes of at least 4 members (excludes halogenated alkanes) is 1. The van der Waals surface area contributed by atoms with Crippen LogP contribution in [0.5, 0.6) is 0 Å². The van der Waals surface area contributed by atoms with E-state index in [1.165, 1.54) is 19.8 Å². The summed E-state index contributed by atoms with van der Waals surface area (Å²) >= 11 is 0. The van der Waals surface area contributed by atoms with Crippen molar-refractivity contribution in [2.75, 3.05) is 12.4 Å². The van der Waals surface area contributed by atoms with Gasteiger partial charge in [0.25, 0.3) is 0 Å². The van der Waals surface area contributed by atoms with E-state index in [9.17, 15) is 14.0 Å². The first-order valence-corrected chi connectivity index (χ1v) is 14.3. The van der Waals surface area contributed by atoms with E-state index in [1.54, 1.807) is 26.1 Å². The van der Waals surface area contributed by atoms with Crippen LogP contribution in [0.25, 0.3) is 16.6 Å². The van der Waals surface area contributed by atoms with Crippen molar-refractivity contribution in [1.29, 1.82) is 0 Å². The first-order chi connectivity index (χ1) is 19.2. The molecule has 1 aromatic heterocycles. The summed E-state index contributed by atoms with van der Waals surface area (Å²) in [7, 11) is 1.89. The lowest BCUT2D eigenvalue weighted by molar-refractivity contribution is -0.122. The molecule has 41 heavy (non-hydrogen) atoms. The Kier molecular flexibility index (Phi) is 9.51. The molecule has 1 aliphatic carbocycles. The minimum absolute atomic E-state index is 0.186. The third-order valence-electron chi connectivity index (χ3n) is 8.54. The van der Waals surface area contributed by atoms with Gasteiger partial charge in [-0.3, -0.25) is 14.7 Å². The normalized spacial score (nSPS) is 21.7. The molecule has 0 saturated heterocycles. The van der Waals surface area contributed by atoms with Crippen molar-refractivity contribution in [3.05, 3.63) is 65.0 Å². The number of hydrogen-bond acceptors (Lipinski definition) is 5. The third-order valence-corrected chi connectivity index (χ3v) is 8.54. The molecule has 0 bridgehead atoms. The van der Waals surface area contributed by atoms with Crippen LogP contribution in [0.15, 0.2) is 48.3 Å². The topological polar surface area (TPSA) is 130 Å². The van der Waals surface area contributed by atoms with Gasteiger partial charge < -0.3 is 21.7 Å². The fourth-order valence-electron chi connectivity index (χ4n) is 4.90. The number of amides is 2. The monoisotopic (exact) mass is 564 g/mol. The Balaban J connectivity index is 0.00000108. The van der Waals surface area contributed by atoms with E-state index in [2.05, 4.69) is 29.4 Å². The highest BCUT2D eigenvalue weighted by Gasteiger charge is 2.67. The Hall–Kier alpha value is -3.88. The number of rotatable bonds is 9. The zero-order valence-corrected chi connectivity index (χ0v) is 25.6. The molecule has 1 heterocycles. The number of H-pyrrole nitrogens is 1. The van der Waals surface area contributed by atoms with E-state index in [4.69, 9.17) is 11.5 Å². The van der Waals surface area contributed by atoms with Gasteiger partial charge in [-0.25, -0.2) is 4.39 Å². The Morgan fingerprint density at radius 3 is 2.29 bits per heavy atom. The number of hydrogen-bond donors (Lipinski definition) is 4. The van der Waals surface area contributed by atoms with Gasteiger partial charge in [-0.1, -0.05) is 51.0 Å². The molecule has 1 saturated carbocycles. The van der Waals surface area contributed by atoms with E-state index in [-0.39, 0.29) is 18.4 Å². The van der Waals surface area contributed by atoms with Crippen molar-refractivity contribution in [3.63, 3.8) is 0 Å². The van der Waals surface area contributed by atoms with E-state index in [0.717, 1.165) is 27.6 Å². The van der Waals surface area contributed by atoms with Crippen LogP contribution in [0.4, 0.5) is 10.1 Å². The second-order valence-corrected chi connectivity index (χ2v) is 11.6. The number of nitrogens with two attached hydrogens (primary N) is 2. The summed E-state index contributed by atoms with van der Waals surface area (Å²) in [6.45, 7) is 13.1. The number of carbonyl (C=O) groups excluding carboxylic acids is 2. The number of aromatic nitrogens is 2. The van der Waals surface area contributed by atoms with Crippen LogP contribution < -0.4 is 16.8 Å². The Labute approximate surface area is 242 Å². The summed E-state index contributed by atoms with van der Waals surface area (Å²) in [5, 5.41) is 11.0. The molecular formula is C32H45FN6O2. The molecule has 222 valence electrons. The van der Waals surface area contributed by atoms with Gasteiger partial charge >= 0.3 is 0 Å². The first kappa shape index (κ1) is 31.6. The predicted octanol–water partition coefficient (Wildman–Crippen LogP) is 6.20. The van der Waals surface area contributed by atoms with Crippen molar-refractivity contribution in [2.24, 2.45) is 22.8 Å². The number of aromatic amines is 1. The molecule has 2 aromatic carbocycles. The molecule has 0 spiro atoms. The number of benzene rings is 2. The minimum atomic E-state index is -1.52. The molecule has 4 unspecified atom stereocenters. The molecule has 9 heteroatoms. The van der Waals surface area contributed by atoms with Crippen molar-refractivity contribution in [2.45, 2.75) is 79.4 Å².